The fourth-order valence-corrected chi connectivity index (χ4v) is 3.51. The number of nitro groups is 1. The molecular weight excluding hydrogens is 320 g/mol. The molecule has 0 unspecified atom stereocenters. The Labute approximate surface area is 147 Å². The summed E-state index contributed by atoms with van der Waals surface area (Å²) in [6, 6.07) is 17.1. The molecule has 1 aliphatic rings. The predicted octanol–water partition coefficient (Wildman–Crippen LogP) is 4.23. The number of nitrogens with zero attached hydrogens (tertiary/aromatic N) is 2. The third-order valence-electron chi connectivity index (χ3n) is 4.59. The highest BCUT2D eigenvalue weighted by molar-refractivity contribution is 7.80. The van der Waals surface area contributed by atoms with Gasteiger partial charge in [-0.1, -0.05) is 42.5 Å². The highest BCUT2D eigenvalue weighted by Gasteiger charge is 2.22. The number of hydrogen-bond acceptors (Lipinski definition) is 3. The molecule has 0 aromatic heterocycles. The lowest BCUT2D eigenvalue weighted by atomic mass is 9.90. The Kier molecular flexibility index (Phi) is 5.20. The first-order valence-electron chi connectivity index (χ1n) is 8.21. The van der Waals surface area contributed by atoms with E-state index in [4.69, 9.17) is 12.2 Å². The number of piperidine rings is 1. The van der Waals surface area contributed by atoms with Gasteiger partial charge in [-0.2, -0.15) is 0 Å². The van der Waals surface area contributed by atoms with Crippen molar-refractivity contribution in [2.45, 2.75) is 19.3 Å². The molecular formula is C19H20N2O2S. The molecule has 0 amide bonds. The smallest absolute Gasteiger partial charge is 0.269 e. The van der Waals surface area contributed by atoms with Gasteiger partial charge in [-0.15, -0.1) is 0 Å². The van der Waals surface area contributed by atoms with Crippen molar-refractivity contribution >= 4 is 22.9 Å². The molecule has 1 aliphatic heterocycles. The van der Waals surface area contributed by atoms with Crippen molar-refractivity contribution in [3.63, 3.8) is 0 Å². The van der Waals surface area contributed by atoms with Gasteiger partial charge in [-0.05, 0) is 42.9 Å². The number of nitro benzene ring substituents is 1. The zero-order valence-electron chi connectivity index (χ0n) is 13.4. The van der Waals surface area contributed by atoms with Gasteiger partial charge in [0.1, 0.15) is 4.99 Å². The molecule has 0 saturated carbocycles. The first-order chi connectivity index (χ1) is 11.6. The Hall–Kier alpha value is -2.27. The van der Waals surface area contributed by atoms with Gasteiger partial charge >= 0.3 is 0 Å². The molecule has 0 atom stereocenters. The Morgan fingerprint density at radius 3 is 2.29 bits per heavy atom. The van der Waals surface area contributed by atoms with Gasteiger partial charge in [0.2, 0.25) is 0 Å². The summed E-state index contributed by atoms with van der Waals surface area (Å²) < 4.78 is 0. The molecule has 0 aliphatic carbocycles. The second kappa shape index (κ2) is 7.53. The van der Waals surface area contributed by atoms with Crippen LogP contribution >= 0.6 is 12.2 Å². The van der Waals surface area contributed by atoms with Crippen LogP contribution < -0.4 is 0 Å². The van der Waals surface area contributed by atoms with Crippen molar-refractivity contribution < 1.29 is 4.92 Å². The summed E-state index contributed by atoms with van der Waals surface area (Å²) >= 11 is 5.57. The Morgan fingerprint density at radius 1 is 1.08 bits per heavy atom. The molecule has 0 spiro atoms. The lowest BCUT2D eigenvalue weighted by Gasteiger charge is -2.34. The number of thiocarbonyl (C=S) groups is 1. The van der Waals surface area contributed by atoms with E-state index in [2.05, 4.69) is 35.2 Å². The molecule has 3 rings (SSSR count). The third-order valence-corrected chi connectivity index (χ3v) is 5.09. The molecule has 1 fully saturated rings. The molecule has 2 aromatic rings. The van der Waals surface area contributed by atoms with Crippen LogP contribution in [0.4, 0.5) is 5.69 Å². The molecule has 24 heavy (non-hydrogen) atoms. The van der Waals surface area contributed by atoms with Crippen molar-refractivity contribution in [2.75, 3.05) is 13.1 Å². The molecule has 1 heterocycles. The second-order valence-corrected chi connectivity index (χ2v) is 6.62. The van der Waals surface area contributed by atoms with E-state index < -0.39 is 0 Å². The zero-order valence-corrected chi connectivity index (χ0v) is 14.2. The highest BCUT2D eigenvalue weighted by atomic mass is 32.1. The fourth-order valence-electron chi connectivity index (χ4n) is 3.20. The molecule has 2 aromatic carbocycles. The maximum absolute atomic E-state index is 10.7. The van der Waals surface area contributed by atoms with E-state index >= 15 is 0 Å². The number of likely N-dealkylation sites (tertiary alicyclic amines) is 1. The van der Waals surface area contributed by atoms with Crippen molar-refractivity contribution in [3.8, 4) is 0 Å². The normalized spacial score (nSPS) is 15.2. The summed E-state index contributed by atoms with van der Waals surface area (Å²) in [4.78, 5) is 13.4. The van der Waals surface area contributed by atoms with Gasteiger partial charge < -0.3 is 4.90 Å². The van der Waals surface area contributed by atoms with Crippen molar-refractivity contribution in [2.24, 2.45) is 5.92 Å². The number of non-ortho nitro benzene ring substituents is 1. The monoisotopic (exact) mass is 340 g/mol. The molecule has 5 heteroatoms. The average molecular weight is 340 g/mol. The molecule has 0 radical (unpaired) electrons. The Bertz CT molecular complexity index is 708. The standard InChI is InChI=1S/C19H20N2O2S/c22-21(23)18-8-6-17(7-9-18)19(24)20-12-10-16(11-13-20)14-15-4-2-1-3-5-15/h1-9,16H,10-14H2. The second-order valence-electron chi connectivity index (χ2n) is 6.23. The Balaban J connectivity index is 1.56. The number of hydrogen-bond donors (Lipinski definition) is 0. The lowest BCUT2D eigenvalue weighted by molar-refractivity contribution is -0.384. The third kappa shape index (κ3) is 3.97. The summed E-state index contributed by atoms with van der Waals surface area (Å²) in [6.07, 6.45) is 3.38. The zero-order chi connectivity index (χ0) is 16.9. The van der Waals surface area contributed by atoms with Crippen LogP contribution in [0.2, 0.25) is 0 Å². The fraction of sp³-hybridized carbons (Fsp3) is 0.316. The van der Waals surface area contributed by atoms with Crippen LogP contribution in [0.5, 0.6) is 0 Å². The van der Waals surface area contributed by atoms with E-state index in [1.807, 2.05) is 0 Å². The van der Waals surface area contributed by atoms with E-state index in [-0.39, 0.29) is 10.6 Å². The summed E-state index contributed by atoms with van der Waals surface area (Å²) in [5.74, 6) is 0.698. The molecule has 0 bridgehead atoms. The van der Waals surface area contributed by atoms with Crippen LogP contribution in [-0.2, 0) is 6.42 Å². The van der Waals surface area contributed by atoms with Gasteiger partial charge in [0.15, 0.2) is 0 Å². The van der Waals surface area contributed by atoms with Crippen LogP contribution in [0.25, 0.3) is 0 Å². The van der Waals surface area contributed by atoms with Gasteiger partial charge in [-0.3, -0.25) is 10.1 Å². The molecule has 1 saturated heterocycles. The molecule has 4 nitrogen and oxygen atoms in total. The van der Waals surface area contributed by atoms with Gasteiger partial charge in [0.05, 0.1) is 4.92 Å². The molecule has 124 valence electrons. The quantitative estimate of drug-likeness (QED) is 0.475. The van der Waals surface area contributed by atoms with E-state index in [0.717, 1.165) is 42.9 Å². The Morgan fingerprint density at radius 2 is 1.71 bits per heavy atom. The van der Waals surface area contributed by atoms with Crippen molar-refractivity contribution in [1.29, 1.82) is 0 Å². The minimum Gasteiger partial charge on any atom is -0.362 e. The SMILES string of the molecule is O=[N+]([O-])c1ccc(C(=S)N2CCC(Cc3ccccc3)CC2)cc1. The minimum atomic E-state index is -0.387. The highest BCUT2D eigenvalue weighted by Crippen LogP contribution is 2.23. The average Bonchev–Trinajstić information content (AvgIpc) is 2.63. The predicted molar refractivity (Wildman–Crippen MR) is 99.2 cm³/mol. The maximum atomic E-state index is 10.7. The van der Waals surface area contributed by atoms with Gasteiger partial charge in [-0.25, -0.2) is 0 Å². The van der Waals surface area contributed by atoms with Crippen LogP contribution in [0, 0.1) is 16.0 Å². The number of benzene rings is 2. The van der Waals surface area contributed by atoms with Gasteiger partial charge in [0.25, 0.3) is 5.69 Å². The summed E-state index contributed by atoms with van der Waals surface area (Å²) in [7, 11) is 0. The maximum Gasteiger partial charge on any atom is 0.269 e. The van der Waals surface area contributed by atoms with E-state index in [1.165, 1.54) is 17.7 Å². The first-order valence-corrected chi connectivity index (χ1v) is 8.62. The van der Waals surface area contributed by atoms with Crippen LogP contribution in [0.1, 0.15) is 24.0 Å². The largest absolute Gasteiger partial charge is 0.362 e. The van der Waals surface area contributed by atoms with E-state index in [1.54, 1.807) is 12.1 Å². The van der Waals surface area contributed by atoms with Crippen LogP contribution in [0.3, 0.4) is 0 Å². The first kappa shape index (κ1) is 16.6. The summed E-state index contributed by atoms with van der Waals surface area (Å²) in [5, 5.41) is 10.7. The topological polar surface area (TPSA) is 46.4 Å². The van der Waals surface area contributed by atoms with E-state index in [0.29, 0.717) is 5.92 Å². The number of rotatable bonds is 4. The summed E-state index contributed by atoms with van der Waals surface area (Å²) in [5.41, 5.74) is 2.38. The van der Waals surface area contributed by atoms with Crippen molar-refractivity contribution in [3.05, 3.63) is 75.8 Å². The van der Waals surface area contributed by atoms with Crippen LogP contribution in [0.15, 0.2) is 54.6 Å². The van der Waals surface area contributed by atoms with Gasteiger partial charge in [0, 0.05) is 30.8 Å². The van der Waals surface area contributed by atoms with Crippen LogP contribution in [-0.4, -0.2) is 27.9 Å². The minimum absolute atomic E-state index is 0.100. The van der Waals surface area contributed by atoms with E-state index in [9.17, 15) is 10.1 Å². The van der Waals surface area contributed by atoms with Crippen molar-refractivity contribution in [1.82, 2.24) is 4.90 Å². The lowest BCUT2D eigenvalue weighted by Crippen LogP contribution is -2.38. The summed E-state index contributed by atoms with van der Waals surface area (Å²) in [6.45, 7) is 1.90. The molecule has 0 N–H and O–H groups in total.